The Labute approximate surface area is 108 Å². The quantitative estimate of drug-likeness (QED) is 0.767. The monoisotopic (exact) mass is 253 g/mol. The molecule has 4 heteroatoms. The lowest BCUT2D eigenvalue weighted by Crippen LogP contribution is -2.34. The topological polar surface area (TPSA) is 29.0 Å². The van der Waals surface area contributed by atoms with Crippen LogP contribution in [0.4, 0.5) is 5.82 Å². The summed E-state index contributed by atoms with van der Waals surface area (Å²) in [6.07, 6.45) is 5.12. The van der Waals surface area contributed by atoms with Crippen molar-refractivity contribution in [3.8, 4) is 0 Å². The van der Waals surface area contributed by atoms with Crippen molar-refractivity contribution in [3.05, 3.63) is 16.3 Å². The molecule has 0 aromatic carbocycles. The normalized spacial score (nSPS) is 21.4. The molecule has 0 aliphatic carbocycles. The van der Waals surface area contributed by atoms with E-state index in [4.69, 9.17) is 11.6 Å². The Balaban J connectivity index is 2.35. The van der Waals surface area contributed by atoms with E-state index in [1.54, 1.807) is 0 Å². The number of halogens is 1. The summed E-state index contributed by atoms with van der Waals surface area (Å²) in [5, 5.41) is 8.87. The van der Waals surface area contributed by atoms with Gasteiger partial charge >= 0.3 is 0 Å². The summed E-state index contributed by atoms with van der Waals surface area (Å²) in [7, 11) is 0. The summed E-state index contributed by atoms with van der Waals surface area (Å²) in [5.41, 5.74) is 2.21. The van der Waals surface area contributed by atoms with Crippen molar-refractivity contribution >= 4 is 17.4 Å². The summed E-state index contributed by atoms with van der Waals surface area (Å²) in [6.45, 7) is 7.45. The number of aromatic nitrogens is 2. The lowest BCUT2D eigenvalue weighted by molar-refractivity contribution is 0.606. The van der Waals surface area contributed by atoms with Crippen molar-refractivity contribution in [1.29, 1.82) is 0 Å². The molecule has 1 atom stereocenters. The minimum Gasteiger partial charge on any atom is -0.352 e. The van der Waals surface area contributed by atoms with Gasteiger partial charge in [0.25, 0.3) is 0 Å². The lowest BCUT2D eigenvalue weighted by Gasteiger charge is -2.29. The highest BCUT2D eigenvalue weighted by Crippen LogP contribution is 2.28. The highest BCUT2D eigenvalue weighted by molar-refractivity contribution is 6.30. The van der Waals surface area contributed by atoms with E-state index in [9.17, 15) is 0 Å². The molecule has 17 heavy (non-hydrogen) atoms. The maximum Gasteiger partial charge on any atom is 0.155 e. The number of rotatable bonds is 1. The van der Waals surface area contributed by atoms with E-state index in [1.165, 1.54) is 31.2 Å². The molecule has 2 heterocycles. The van der Waals surface area contributed by atoms with Gasteiger partial charge in [0.1, 0.15) is 0 Å². The van der Waals surface area contributed by atoms with Crippen LogP contribution in [-0.2, 0) is 0 Å². The Morgan fingerprint density at radius 3 is 2.65 bits per heavy atom. The average Bonchev–Trinajstić information content (AvgIpc) is 2.52. The van der Waals surface area contributed by atoms with Crippen molar-refractivity contribution in [2.24, 2.45) is 0 Å². The molecule has 1 aromatic rings. The number of nitrogens with zero attached hydrogens (tertiary/aromatic N) is 3. The van der Waals surface area contributed by atoms with Crippen LogP contribution in [0.2, 0.25) is 5.15 Å². The Morgan fingerprint density at radius 1 is 1.12 bits per heavy atom. The summed E-state index contributed by atoms with van der Waals surface area (Å²) < 4.78 is 0. The van der Waals surface area contributed by atoms with Gasteiger partial charge in [0.05, 0.1) is 0 Å². The van der Waals surface area contributed by atoms with Gasteiger partial charge in [-0.1, -0.05) is 24.4 Å². The molecule has 94 valence electrons. The predicted octanol–water partition coefficient (Wildman–Crippen LogP) is 3.52. The highest BCUT2D eigenvalue weighted by atomic mass is 35.5. The Kier molecular flexibility index (Phi) is 3.87. The summed E-state index contributed by atoms with van der Waals surface area (Å²) in [6, 6.07) is 0.547. The minimum absolute atomic E-state index is 0.522. The molecule has 0 saturated carbocycles. The van der Waals surface area contributed by atoms with Crippen molar-refractivity contribution in [3.63, 3.8) is 0 Å². The van der Waals surface area contributed by atoms with Gasteiger partial charge in [-0.05, 0) is 44.7 Å². The second-order valence-electron chi connectivity index (χ2n) is 4.96. The minimum atomic E-state index is 0.522. The summed E-state index contributed by atoms with van der Waals surface area (Å²) in [4.78, 5) is 2.39. The smallest absolute Gasteiger partial charge is 0.155 e. The maximum absolute atomic E-state index is 6.00. The zero-order valence-corrected chi connectivity index (χ0v) is 11.6. The van der Waals surface area contributed by atoms with Crippen LogP contribution in [0, 0.1) is 13.8 Å². The molecule has 0 amide bonds. The van der Waals surface area contributed by atoms with E-state index in [0.29, 0.717) is 11.2 Å². The molecule has 1 unspecified atom stereocenters. The standard InChI is InChI=1S/C13H20ClN3/c1-9-7-5-4-6-8-17(9)13-11(3)10(2)12(14)15-16-13/h9H,4-8H2,1-3H3. The van der Waals surface area contributed by atoms with Crippen molar-refractivity contribution in [2.75, 3.05) is 11.4 Å². The zero-order chi connectivity index (χ0) is 12.4. The molecule has 1 saturated heterocycles. The van der Waals surface area contributed by atoms with Crippen LogP contribution in [0.5, 0.6) is 0 Å². The van der Waals surface area contributed by atoms with E-state index in [2.05, 4.69) is 28.9 Å². The first-order chi connectivity index (χ1) is 8.11. The molecule has 0 bridgehead atoms. The number of hydrogen-bond donors (Lipinski definition) is 0. The van der Waals surface area contributed by atoms with E-state index >= 15 is 0 Å². The molecule has 0 radical (unpaired) electrons. The third kappa shape index (κ3) is 2.54. The fourth-order valence-corrected chi connectivity index (χ4v) is 2.61. The largest absolute Gasteiger partial charge is 0.352 e. The van der Waals surface area contributed by atoms with Crippen LogP contribution < -0.4 is 4.90 Å². The maximum atomic E-state index is 6.00. The summed E-state index contributed by atoms with van der Waals surface area (Å²) in [5.74, 6) is 1.02. The van der Waals surface area contributed by atoms with Gasteiger partial charge in [-0.2, -0.15) is 0 Å². The van der Waals surface area contributed by atoms with Crippen molar-refractivity contribution < 1.29 is 0 Å². The van der Waals surface area contributed by atoms with Gasteiger partial charge in [0.15, 0.2) is 11.0 Å². The third-order valence-corrected chi connectivity index (χ3v) is 4.12. The first kappa shape index (κ1) is 12.6. The average molecular weight is 254 g/mol. The first-order valence-electron chi connectivity index (χ1n) is 6.37. The molecule has 2 rings (SSSR count). The fraction of sp³-hybridized carbons (Fsp3) is 0.692. The van der Waals surface area contributed by atoms with Crippen molar-refractivity contribution in [2.45, 2.75) is 52.5 Å². The number of anilines is 1. The van der Waals surface area contributed by atoms with Gasteiger partial charge in [-0.3, -0.25) is 0 Å². The summed E-state index contributed by atoms with van der Waals surface area (Å²) >= 11 is 6.00. The van der Waals surface area contributed by atoms with E-state index in [0.717, 1.165) is 17.9 Å². The molecule has 1 aromatic heterocycles. The second-order valence-corrected chi connectivity index (χ2v) is 5.31. The van der Waals surface area contributed by atoms with E-state index < -0.39 is 0 Å². The van der Waals surface area contributed by atoms with Gasteiger partial charge in [0.2, 0.25) is 0 Å². The van der Waals surface area contributed by atoms with Crippen LogP contribution in [0.1, 0.15) is 43.7 Å². The van der Waals surface area contributed by atoms with Gasteiger partial charge in [0, 0.05) is 12.6 Å². The second kappa shape index (κ2) is 5.21. The molecular weight excluding hydrogens is 234 g/mol. The van der Waals surface area contributed by atoms with Crippen LogP contribution in [0.3, 0.4) is 0 Å². The fourth-order valence-electron chi connectivity index (χ4n) is 2.43. The van der Waals surface area contributed by atoms with Crippen LogP contribution in [-0.4, -0.2) is 22.8 Å². The first-order valence-corrected chi connectivity index (χ1v) is 6.75. The molecule has 1 aliphatic rings. The van der Waals surface area contributed by atoms with Crippen LogP contribution in [0.15, 0.2) is 0 Å². The van der Waals surface area contributed by atoms with Gasteiger partial charge < -0.3 is 4.90 Å². The SMILES string of the molecule is Cc1c(Cl)nnc(N2CCCCCC2C)c1C. The molecule has 1 aliphatic heterocycles. The number of hydrogen-bond acceptors (Lipinski definition) is 3. The van der Waals surface area contributed by atoms with E-state index in [-0.39, 0.29) is 0 Å². The van der Waals surface area contributed by atoms with Gasteiger partial charge in [-0.15, -0.1) is 10.2 Å². The predicted molar refractivity (Wildman–Crippen MR) is 71.8 cm³/mol. The van der Waals surface area contributed by atoms with E-state index in [1.807, 2.05) is 6.92 Å². The molecular formula is C13H20ClN3. The highest BCUT2D eigenvalue weighted by Gasteiger charge is 2.21. The van der Waals surface area contributed by atoms with Crippen LogP contribution in [0.25, 0.3) is 0 Å². The van der Waals surface area contributed by atoms with Crippen molar-refractivity contribution in [1.82, 2.24) is 10.2 Å². The molecule has 1 fully saturated rings. The third-order valence-electron chi connectivity index (χ3n) is 3.76. The Hall–Kier alpha value is -0.830. The Bertz CT molecular complexity index is 406. The Morgan fingerprint density at radius 2 is 1.88 bits per heavy atom. The van der Waals surface area contributed by atoms with Gasteiger partial charge in [-0.25, -0.2) is 0 Å². The van der Waals surface area contributed by atoms with Crippen LogP contribution >= 0.6 is 11.6 Å². The molecule has 0 spiro atoms. The molecule has 3 nitrogen and oxygen atoms in total. The zero-order valence-electron chi connectivity index (χ0n) is 10.8. The molecule has 0 N–H and O–H groups in total. The lowest BCUT2D eigenvalue weighted by atomic mass is 10.1.